The molecule has 0 spiro atoms. The zero-order valence-corrected chi connectivity index (χ0v) is 11.9. The number of nitrogens with two attached hydrogens (primary N) is 1. The minimum absolute atomic E-state index is 0.236. The average Bonchev–Trinajstić information content (AvgIpc) is 2.76. The summed E-state index contributed by atoms with van der Waals surface area (Å²) in [6, 6.07) is 5.61. The van der Waals surface area contributed by atoms with Gasteiger partial charge in [0.1, 0.15) is 5.69 Å². The van der Waals surface area contributed by atoms with Gasteiger partial charge in [0, 0.05) is 12.1 Å². The van der Waals surface area contributed by atoms with E-state index >= 15 is 0 Å². The molecule has 0 bridgehead atoms. The van der Waals surface area contributed by atoms with Gasteiger partial charge >= 0.3 is 0 Å². The van der Waals surface area contributed by atoms with E-state index in [1.807, 2.05) is 32.2 Å². The van der Waals surface area contributed by atoms with E-state index in [0.717, 1.165) is 16.8 Å². The lowest BCUT2D eigenvalue weighted by Gasteiger charge is -2.18. The Balaban J connectivity index is 2.49. The van der Waals surface area contributed by atoms with Crippen LogP contribution in [0.15, 0.2) is 24.4 Å². The van der Waals surface area contributed by atoms with Crippen molar-refractivity contribution in [1.82, 2.24) is 15.2 Å². The van der Waals surface area contributed by atoms with Crippen molar-refractivity contribution in [2.75, 3.05) is 7.11 Å². The summed E-state index contributed by atoms with van der Waals surface area (Å²) < 4.78 is 7.05. The maximum atomic E-state index is 6.17. The molecule has 0 aliphatic carbocycles. The van der Waals surface area contributed by atoms with E-state index < -0.39 is 0 Å². The summed E-state index contributed by atoms with van der Waals surface area (Å²) in [5, 5.41) is 4.89. The molecule has 1 heterocycles. The van der Waals surface area contributed by atoms with Crippen LogP contribution in [0, 0.1) is 6.92 Å². The first-order chi connectivity index (χ1) is 9.08. The number of nitrogens with zero attached hydrogens (tertiary/aromatic N) is 2. The fourth-order valence-corrected chi connectivity index (χ4v) is 2.22. The van der Waals surface area contributed by atoms with E-state index in [2.05, 4.69) is 10.5 Å². The lowest BCUT2D eigenvalue weighted by molar-refractivity contribution is 0.401. The van der Waals surface area contributed by atoms with Crippen LogP contribution in [-0.4, -0.2) is 16.9 Å². The molecule has 19 heavy (non-hydrogen) atoms. The standard InChI is InChI=1S/C13H17ClN4O/c1-8-4-5-9(6-10(8)14)12(17-15)13-11(19-3)7-16-18(13)2/h4-7,12,17H,15H2,1-3H3. The van der Waals surface area contributed by atoms with Crippen LogP contribution in [-0.2, 0) is 7.05 Å². The molecule has 0 saturated carbocycles. The third-order valence-electron chi connectivity index (χ3n) is 3.14. The maximum Gasteiger partial charge on any atom is 0.161 e. The van der Waals surface area contributed by atoms with Crippen molar-refractivity contribution in [3.05, 3.63) is 46.2 Å². The van der Waals surface area contributed by atoms with Gasteiger partial charge in [-0.1, -0.05) is 23.7 Å². The van der Waals surface area contributed by atoms with Crippen LogP contribution in [0.2, 0.25) is 5.02 Å². The van der Waals surface area contributed by atoms with Gasteiger partial charge in [0.2, 0.25) is 0 Å². The summed E-state index contributed by atoms with van der Waals surface area (Å²) >= 11 is 6.17. The first kappa shape index (κ1) is 13.9. The molecule has 1 aromatic carbocycles. The van der Waals surface area contributed by atoms with Crippen LogP contribution in [0.4, 0.5) is 0 Å². The predicted molar refractivity (Wildman–Crippen MR) is 75.1 cm³/mol. The van der Waals surface area contributed by atoms with Crippen LogP contribution >= 0.6 is 11.6 Å². The normalized spacial score (nSPS) is 12.5. The molecule has 0 amide bonds. The van der Waals surface area contributed by atoms with E-state index in [4.69, 9.17) is 22.2 Å². The summed E-state index contributed by atoms with van der Waals surface area (Å²) in [6.45, 7) is 1.96. The molecule has 102 valence electrons. The van der Waals surface area contributed by atoms with Crippen molar-refractivity contribution < 1.29 is 4.74 Å². The Morgan fingerprint density at radius 3 is 2.79 bits per heavy atom. The van der Waals surface area contributed by atoms with Gasteiger partial charge in [0.15, 0.2) is 5.75 Å². The molecule has 6 heteroatoms. The fraction of sp³-hybridized carbons (Fsp3) is 0.308. The summed E-state index contributed by atoms with van der Waals surface area (Å²) in [6.07, 6.45) is 1.66. The van der Waals surface area contributed by atoms with E-state index in [1.54, 1.807) is 18.0 Å². The van der Waals surface area contributed by atoms with Crippen molar-refractivity contribution in [2.45, 2.75) is 13.0 Å². The molecule has 0 fully saturated rings. The van der Waals surface area contributed by atoms with Crippen LogP contribution in [0.25, 0.3) is 0 Å². The summed E-state index contributed by atoms with van der Waals surface area (Å²) in [7, 11) is 3.45. The highest BCUT2D eigenvalue weighted by Crippen LogP contribution is 2.30. The Bertz CT molecular complexity index is 582. The van der Waals surface area contributed by atoms with E-state index in [1.165, 1.54) is 0 Å². The van der Waals surface area contributed by atoms with Gasteiger partial charge in [0.05, 0.1) is 19.3 Å². The molecule has 2 rings (SSSR count). The number of aryl methyl sites for hydroxylation is 2. The molecule has 1 aromatic heterocycles. The van der Waals surface area contributed by atoms with Crippen molar-refractivity contribution in [2.24, 2.45) is 12.9 Å². The second kappa shape index (κ2) is 5.61. The highest BCUT2D eigenvalue weighted by Gasteiger charge is 2.21. The van der Waals surface area contributed by atoms with Crippen LogP contribution < -0.4 is 16.0 Å². The van der Waals surface area contributed by atoms with E-state index in [9.17, 15) is 0 Å². The summed E-state index contributed by atoms with van der Waals surface area (Å²) in [5.41, 5.74) is 5.62. The van der Waals surface area contributed by atoms with Crippen molar-refractivity contribution in [1.29, 1.82) is 0 Å². The van der Waals surface area contributed by atoms with Crippen molar-refractivity contribution >= 4 is 11.6 Å². The van der Waals surface area contributed by atoms with E-state index in [-0.39, 0.29) is 6.04 Å². The van der Waals surface area contributed by atoms with Gasteiger partial charge < -0.3 is 4.74 Å². The molecule has 0 radical (unpaired) electrons. The molecule has 1 unspecified atom stereocenters. The smallest absolute Gasteiger partial charge is 0.161 e. The van der Waals surface area contributed by atoms with Gasteiger partial charge in [-0.2, -0.15) is 5.10 Å². The third-order valence-corrected chi connectivity index (χ3v) is 3.55. The minimum Gasteiger partial charge on any atom is -0.493 e. The zero-order valence-electron chi connectivity index (χ0n) is 11.1. The van der Waals surface area contributed by atoms with Gasteiger partial charge in [0.25, 0.3) is 0 Å². The molecule has 0 aliphatic rings. The monoisotopic (exact) mass is 280 g/mol. The number of nitrogens with one attached hydrogen (secondary N) is 1. The van der Waals surface area contributed by atoms with Crippen LogP contribution in [0.3, 0.4) is 0 Å². The Kier molecular flexibility index (Phi) is 4.09. The Morgan fingerprint density at radius 1 is 1.47 bits per heavy atom. The molecule has 5 nitrogen and oxygen atoms in total. The van der Waals surface area contributed by atoms with Gasteiger partial charge in [-0.3, -0.25) is 10.5 Å². The number of hydrogen-bond donors (Lipinski definition) is 2. The molecule has 0 aliphatic heterocycles. The highest BCUT2D eigenvalue weighted by molar-refractivity contribution is 6.31. The minimum atomic E-state index is -0.236. The van der Waals surface area contributed by atoms with Crippen LogP contribution in [0.5, 0.6) is 5.75 Å². The Labute approximate surface area is 117 Å². The zero-order chi connectivity index (χ0) is 14.0. The topological polar surface area (TPSA) is 65.1 Å². The lowest BCUT2D eigenvalue weighted by atomic mass is 10.0. The number of rotatable bonds is 4. The molecular formula is C13H17ClN4O. The molecule has 3 N–H and O–H groups in total. The number of hydrazine groups is 1. The quantitative estimate of drug-likeness (QED) is 0.664. The van der Waals surface area contributed by atoms with Gasteiger partial charge in [-0.15, -0.1) is 0 Å². The number of halogens is 1. The van der Waals surface area contributed by atoms with Crippen LogP contribution in [0.1, 0.15) is 22.9 Å². The fourth-order valence-electron chi connectivity index (χ4n) is 2.03. The third kappa shape index (κ3) is 2.58. The first-order valence-corrected chi connectivity index (χ1v) is 6.24. The lowest BCUT2D eigenvalue weighted by Crippen LogP contribution is -2.30. The highest BCUT2D eigenvalue weighted by atomic mass is 35.5. The molecule has 0 saturated heterocycles. The predicted octanol–water partition coefficient (Wildman–Crippen LogP) is 1.94. The number of aromatic nitrogens is 2. The van der Waals surface area contributed by atoms with Crippen molar-refractivity contribution in [3.63, 3.8) is 0 Å². The van der Waals surface area contributed by atoms with Gasteiger partial charge in [-0.25, -0.2) is 5.43 Å². The largest absolute Gasteiger partial charge is 0.493 e. The molecule has 1 atom stereocenters. The second-order valence-electron chi connectivity index (χ2n) is 4.33. The van der Waals surface area contributed by atoms with E-state index in [0.29, 0.717) is 10.8 Å². The number of benzene rings is 1. The number of ether oxygens (including phenoxy) is 1. The molecule has 2 aromatic rings. The average molecular weight is 281 g/mol. The Morgan fingerprint density at radius 2 is 2.21 bits per heavy atom. The summed E-state index contributed by atoms with van der Waals surface area (Å²) in [5.74, 6) is 6.37. The number of hydrogen-bond acceptors (Lipinski definition) is 4. The summed E-state index contributed by atoms with van der Waals surface area (Å²) in [4.78, 5) is 0. The van der Waals surface area contributed by atoms with Crippen molar-refractivity contribution in [3.8, 4) is 5.75 Å². The van der Waals surface area contributed by atoms with Gasteiger partial charge in [-0.05, 0) is 24.1 Å². The Hall–Kier alpha value is -1.56. The SMILES string of the molecule is COc1cnn(C)c1C(NN)c1ccc(C)c(Cl)c1. The first-order valence-electron chi connectivity index (χ1n) is 5.86. The maximum absolute atomic E-state index is 6.17. The second-order valence-corrected chi connectivity index (χ2v) is 4.74. The number of methoxy groups -OCH3 is 1. The molecular weight excluding hydrogens is 264 g/mol.